The molecule has 8 nitrogen and oxygen atoms in total. The molecule has 1 unspecified atom stereocenters. The Morgan fingerprint density at radius 1 is 1.23 bits per heavy atom. The van der Waals surface area contributed by atoms with Gasteiger partial charge in [0, 0.05) is 57.0 Å². The number of rotatable bonds is 5. The van der Waals surface area contributed by atoms with E-state index in [-0.39, 0.29) is 29.0 Å². The summed E-state index contributed by atoms with van der Waals surface area (Å²) in [6.45, 7) is 6.17. The normalized spacial score (nSPS) is 20.6. The Kier molecular flexibility index (Phi) is 7.72. The van der Waals surface area contributed by atoms with E-state index in [0.717, 1.165) is 50.4 Å². The van der Waals surface area contributed by atoms with Crippen LogP contribution in [0.5, 0.6) is 0 Å². The highest BCUT2D eigenvalue weighted by Crippen LogP contribution is 2.38. The Hall–Kier alpha value is -2.57. The summed E-state index contributed by atoms with van der Waals surface area (Å²) in [5, 5.41) is 3.57. The number of piperazine rings is 1. The maximum Gasteiger partial charge on any atom is 0.452 e. The molecule has 2 aromatic rings. The third kappa shape index (κ3) is 6.17. The van der Waals surface area contributed by atoms with Gasteiger partial charge in [-0.05, 0) is 38.9 Å². The zero-order chi connectivity index (χ0) is 25.2. The smallest absolute Gasteiger partial charge is 0.351 e. The van der Waals surface area contributed by atoms with Gasteiger partial charge in [0.15, 0.2) is 0 Å². The first kappa shape index (κ1) is 25.5. The van der Waals surface area contributed by atoms with E-state index >= 15 is 0 Å². The van der Waals surface area contributed by atoms with Crippen LogP contribution in [0, 0.1) is 12.8 Å². The van der Waals surface area contributed by atoms with Crippen molar-refractivity contribution in [1.82, 2.24) is 19.9 Å². The van der Waals surface area contributed by atoms with Crippen LogP contribution in [-0.4, -0.2) is 90.7 Å². The van der Waals surface area contributed by atoms with Gasteiger partial charge in [-0.2, -0.15) is 13.2 Å². The number of carbonyl (C=O) groups excluding carboxylic acids is 2. The van der Waals surface area contributed by atoms with Gasteiger partial charge in [-0.1, -0.05) is 5.16 Å². The quantitative estimate of drug-likeness (QED) is 0.573. The van der Waals surface area contributed by atoms with Crippen molar-refractivity contribution in [3.63, 3.8) is 0 Å². The van der Waals surface area contributed by atoms with Gasteiger partial charge in [-0.3, -0.25) is 14.5 Å². The van der Waals surface area contributed by atoms with Crippen molar-refractivity contribution in [2.24, 2.45) is 10.9 Å². The number of nitrogens with zero attached hydrogens (tertiary/aromatic N) is 5. The number of likely N-dealkylation sites (tertiary alicyclic amines) is 1. The maximum absolute atomic E-state index is 13.1. The molecule has 2 aliphatic rings. The van der Waals surface area contributed by atoms with Crippen LogP contribution in [0.25, 0.3) is 10.6 Å². The van der Waals surface area contributed by atoms with Gasteiger partial charge in [-0.25, -0.2) is 4.99 Å². The van der Waals surface area contributed by atoms with E-state index in [2.05, 4.69) is 31.5 Å². The van der Waals surface area contributed by atoms with Crippen molar-refractivity contribution in [1.29, 1.82) is 0 Å². The van der Waals surface area contributed by atoms with Crippen LogP contribution in [0.3, 0.4) is 0 Å². The molecule has 0 aliphatic carbocycles. The standard InChI is InChI=1S/C23H28F3N5O3S/c1-15-20(28-34-21(15)23(24,25)26)17-5-6-18(35-17)22(33)31-7-3-4-16(13-31)12-27-19(32)14-30-10-8-29(2)9-11-30/h5-6,12,16H,3-4,7-11,13-14H2,1-2H3. The van der Waals surface area contributed by atoms with Crippen LogP contribution in [0.2, 0.25) is 0 Å². The SMILES string of the molecule is Cc1c(-c2ccc(C(=O)N3CCCC(C=NC(=O)CN4CCN(C)CC4)C3)s2)noc1C(F)(F)F. The molecule has 0 N–H and O–H groups in total. The molecule has 0 spiro atoms. The molecule has 2 amide bonds. The number of likely N-dealkylation sites (N-methyl/N-ethyl adjacent to an activating group) is 1. The van der Waals surface area contributed by atoms with Crippen LogP contribution in [0.1, 0.15) is 33.8 Å². The van der Waals surface area contributed by atoms with Crippen molar-refractivity contribution in [3.8, 4) is 10.6 Å². The second-order valence-corrected chi connectivity index (χ2v) is 10.1. The molecular formula is C23H28F3N5O3S. The highest BCUT2D eigenvalue weighted by atomic mass is 32.1. The number of halogens is 3. The lowest BCUT2D eigenvalue weighted by Gasteiger charge is -2.31. The van der Waals surface area contributed by atoms with Crippen LogP contribution in [0.4, 0.5) is 13.2 Å². The van der Waals surface area contributed by atoms with E-state index in [1.54, 1.807) is 23.2 Å². The minimum Gasteiger partial charge on any atom is -0.351 e. The highest BCUT2D eigenvalue weighted by molar-refractivity contribution is 7.17. The molecule has 4 rings (SSSR count). The molecule has 0 aromatic carbocycles. The first-order valence-electron chi connectivity index (χ1n) is 11.5. The Bertz CT molecular complexity index is 1090. The zero-order valence-electron chi connectivity index (χ0n) is 19.7. The van der Waals surface area contributed by atoms with Crippen molar-refractivity contribution >= 4 is 29.4 Å². The number of aromatic nitrogens is 1. The molecule has 0 saturated carbocycles. The number of piperidine rings is 1. The van der Waals surface area contributed by atoms with E-state index in [4.69, 9.17) is 0 Å². The van der Waals surface area contributed by atoms with E-state index in [1.165, 1.54) is 6.92 Å². The molecule has 190 valence electrons. The Morgan fingerprint density at radius 3 is 2.66 bits per heavy atom. The molecule has 2 fully saturated rings. The number of carbonyl (C=O) groups is 2. The first-order chi connectivity index (χ1) is 16.6. The molecule has 2 aliphatic heterocycles. The number of hydrogen-bond donors (Lipinski definition) is 0. The third-order valence-electron chi connectivity index (χ3n) is 6.36. The monoisotopic (exact) mass is 511 g/mol. The van der Waals surface area contributed by atoms with Crippen molar-refractivity contribution < 1.29 is 27.3 Å². The van der Waals surface area contributed by atoms with Crippen molar-refractivity contribution in [2.75, 3.05) is 52.9 Å². The van der Waals surface area contributed by atoms with E-state index in [9.17, 15) is 22.8 Å². The second kappa shape index (κ2) is 10.6. The van der Waals surface area contributed by atoms with E-state index < -0.39 is 11.9 Å². The fourth-order valence-corrected chi connectivity index (χ4v) is 5.32. The Morgan fingerprint density at radius 2 is 1.97 bits per heavy atom. The molecule has 35 heavy (non-hydrogen) atoms. The summed E-state index contributed by atoms with van der Waals surface area (Å²) < 4.78 is 43.5. The number of alkyl halides is 3. The predicted molar refractivity (Wildman–Crippen MR) is 126 cm³/mol. The van der Waals surface area contributed by atoms with Gasteiger partial charge in [0.2, 0.25) is 5.76 Å². The van der Waals surface area contributed by atoms with Crippen LogP contribution in [-0.2, 0) is 11.0 Å². The lowest BCUT2D eigenvalue weighted by atomic mass is 9.99. The molecule has 4 heterocycles. The fraction of sp³-hybridized carbons (Fsp3) is 0.565. The average molecular weight is 512 g/mol. The van der Waals surface area contributed by atoms with Gasteiger partial charge in [0.25, 0.3) is 11.8 Å². The molecule has 0 radical (unpaired) electrons. The Labute approximate surface area is 205 Å². The summed E-state index contributed by atoms with van der Waals surface area (Å²) in [6.07, 6.45) is -1.34. The Balaban J connectivity index is 1.35. The minimum atomic E-state index is -4.62. The van der Waals surface area contributed by atoms with Crippen molar-refractivity contribution in [2.45, 2.75) is 25.9 Å². The fourth-order valence-electron chi connectivity index (χ4n) is 4.31. The van der Waals surface area contributed by atoms with E-state index in [0.29, 0.717) is 29.4 Å². The second-order valence-electron chi connectivity index (χ2n) is 9.05. The van der Waals surface area contributed by atoms with E-state index in [1.807, 2.05) is 0 Å². The molecule has 0 bridgehead atoms. The van der Waals surface area contributed by atoms with Crippen LogP contribution >= 0.6 is 11.3 Å². The molecule has 2 saturated heterocycles. The summed E-state index contributed by atoms with van der Waals surface area (Å²) in [6, 6.07) is 3.18. The summed E-state index contributed by atoms with van der Waals surface area (Å²) in [4.78, 5) is 36.4. The first-order valence-corrected chi connectivity index (χ1v) is 12.3. The molecule has 1 atom stereocenters. The number of amides is 2. The summed E-state index contributed by atoms with van der Waals surface area (Å²) in [5.74, 6) is -1.52. The van der Waals surface area contributed by atoms with Crippen LogP contribution < -0.4 is 0 Å². The summed E-state index contributed by atoms with van der Waals surface area (Å²) in [5.41, 5.74) is -0.0160. The van der Waals surface area contributed by atoms with Gasteiger partial charge in [0.05, 0.1) is 16.3 Å². The predicted octanol–water partition coefficient (Wildman–Crippen LogP) is 3.43. The van der Waals surface area contributed by atoms with Gasteiger partial charge in [-0.15, -0.1) is 11.3 Å². The van der Waals surface area contributed by atoms with Crippen LogP contribution in [0.15, 0.2) is 21.6 Å². The molecular weight excluding hydrogens is 483 g/mol. The lowest BCUT2D eigenvalue weighted by Crippen LogP contribution is -2.46. The molecule has 12 heteroatoms. The van der Waals surface area contributed by atoms with Gasteiger partial charge in [0.1, 0.15) is 5.69 Å². The zero-order valence-corrected chi connectivity index (χ0v) is 20.5. The number of hydrogen-bond acceptors (Lipinski definition) is 7. The average Bonchev–Trinajstić information content (AvgIpc) is 3.45. The topological polar surface area (TPSA) is 82.3 Å². The highest BCUT2D eigenvalue weighted by Gasteiger charge is 2.39. The number of thiophene rings is 1. The minimum absolute atomic E-state index is 0.0179. The largest absolute Gasteiger partial charge is 0.452 e. The lowest BCUT2D eigenvalue weighted by molar-refractivity contribution is -0.156. The maximum atomic E-state index is 13.1. The van der Waals surface area contributed by atoms with Gasteiger partial charge < -0.3 is 14.3 Å². The summed E-state index contributed by atoms with van der Waals surface area (Å²) in [7, 11) is 2.06. The third-order valence-corrected chi connectivity index (χ3v) is 7.44. The van der Waals surface area contributed by atoms with Crippen molar-refractivity contribution in [3.05, 3.63) is 28.3 Å². The summed E-state index contributed by atoms with van der Waals surface area (Å²) >= 11 is 1.09. The van der Waals surface area contributed by atoms with Gasteiger partial charge >= 0.3 is 6.18 Å². The number of aliphatic imine (C=N–C) groups is 1. The molecule has 2 aromatic heterocycles.